The van der Waals surface area contributed by atoms with E-state index in [9.17, 15) is 9.90 Å². The molecule has 0 spiro atoms. The standard InChI is InChI=1S/C18H20O2/c1-13-7-9-16(10-8-13)18(3,17(19)20)12-15-6-4-5-14(2)11-15/h4-11H,12H2,1-3H3,(H,19,20). The van der Waals surface area contributed by atoms with Gasteiger partial charge in [0.25, 0.3) is 0 Å². The normalized spacial score (nSPS) is 13.8. The van der Waals surface area contributed by atoms with Crippen LogP contribution in [0.25, 0.3) is 0 Å². The van der Waals surface area contributed by atoms with Gasteiger partial charge in [-0.25, -0.2) is 0 Å². The van der Waals surface area contributed by atoms with E-state index in [1.807, 2.05) is 56.3 Å². The van der Waals surface area contributed by atoms with E-state index >= 15 is 0 Å². The summed E-state index contributed by atoms with van der Waals surface area (Å²) in [5.41, 5.74) is 3.28. The number of benzene rings is 2. The lowest BCUT2D eigenvalue weighted by Gasteiger charge is -2.26. The second-order valence-corrected chi connectivity index (χ2v) is 5.67. The minimum Gasteiger partial charge on any atom is -0.481 e. The summed E-state index contributed by atoms with van der Waals surface area (Å²) >= 11 is 0. The molecule has 2 heteroatoms. The SMILES string of the molecule is Cc1ccc(C(C)(Cc2cccc(C)c2)C(=O)O)cc1. The van der Waals surface area contributed by atoms with Gasteiger partial charge < -0.3 is 5.11 Å². The molecule has 0 aromatic heterocycles. The zero-order valence-electron chi connectivity index (χ0n) is 12.2. The van der Waals surface area contributed by atoms with Gasteiger partial charge in [0, 0.05) is 0 Å². The maximum atomic E-state index is 11.8. The van der Waals surface area contributed by atoms with E-state index in [-0.39, 0.29) is 0 Å². The predicted octanol–water partition coefficient (Wildman–Crippen LogP) is 3.89. The fourth-order valence-electron chi connectivity index (χ4n) is 2.45. The van der Waals surface area contributed by atoms with Crippen molar-refractivity contribution in [2.75, 3.05) is 0 Å². The van der Waals surface area contributed by atoms with Crippen molar-refractivity contribution in [3.8, 4) is 0 Å². The first kappa shape index (κ1) is 14.3. The Labute approximate surface area is 120 Å². The zero-order chi connectivity index (χ0) is 14.8. The van der Waals surface area contributed by atoms with Gasteiger partial charge in [-0.05, 0) is 38.3 Å². The minimum absolute atomic E-state index is 0.493. The molecule has 1 atom stereocenters. The number of rotatable bonds is 4. The number of carbonyl (C=O) groups is 1. The number of carboxylic acids is 1. The molecule has 0 aliphatic rings. The van der Waals surface area contributed by atoms with Crippen LogP contribution in [0, 0.1) is 13.8 Å². The summed E-state index contributed by atoms with van der Waals surface area (Å²) in [7, 11) is 0. The molecule has 1 unspecified atom stereocenters. The monoisotopic (exact) mass is 268 g/mol. The summed E-state index contributed by atoms with van der Waals surface area (Å²) in [4.78, 5) is 11.8. The van der Waals surface area contributed by atoms with Crippen molar-refractivity contribution < 1.29 is 9.90 Å². The topological polar surface area (TPSA) is 37.3 Å². The van der Waals surface area contributed by atoms with E-state index in [0.29, 0.717) is 6.42 Å². The molecule has 0 aliphatic carbocycles. The first-order chi connectivity index (χ1) is 9.41. The Morgan fingerprint density at radius 3 is 2.25 bits per heavy atom. The van der Waals surface area contributed by atoms with Crippen LogP contribution in [0.2, 0.25) is 0 Å². The third-order valence-corrected chi connectivity index (χ3v) is 3.80. The van der Waals surface area contributed by atoms with Gasteiger partial charge in [0.05, 0.1) is 5.41 Å². The van der Waals surface area contributed by atoms with Crippen molar-refractivity contribution in [3.05, 3.63) is 70.8 Å². The van der Waals surface area contributed by atoms with Crippen LogP contribution in [0.4, 0.5) is 0 Å². The lowest BCUT2D eigenvalue weighted by Crippen LogP contribution is -2.34. The smallest absolute Gasteiger partial charge is 0.314 e. The number of aryl methyl sites for hydroxylation is 2. The molecule has 0 aliphatic heterocycles. The van der Waals surface area contributed by atoms with E-state index in [0.717, 1.165) is 22.3 Å². The Hall–Kier alpha value is -2.09. The van der Waals surface area contributed by atoms with Crippen LogP contribution < -0.4 is 0 Å². The molecule has 2 aromatic carbocycles. The van der Waals surface area contributed by atoms with Gasteiger partial charge in [0.1, 0.15) is 0 Å². The second kappa shape index (κ2) is 5.49. The fraction of sp³-hybridized carbons (Fsp3) is 0.278. The Balaban J connectivity index is 2.39. The van der Waals surface area contributed by atoms with Crippen molar-refractivity contribution in [1.29, 1.82) is 0 Å². The molecule has 0 saturated heterocycles. The molecule has 0 bridgehead atoms. The minimum atomic E-state index is -0.901. The highest BCUT2D eigenvalue weighted by Gasteiger charge is 2.35. The maximum Gasteiger partial charge on any atom is 0.314 e. The summed E-state index contributed by atoms with van der Waals surface area (Å²) in [6.07, 6.45) is 0.493. The van der Waals surface area contributed by atoms with E-state index in [2.05, 4.69) is 6.07 Å². The summed E-state index contributed by atoms with van der Waals surface area (Å²) in [6, 6.07) is 15.8. The van der Waals surface area contributed by atoms with Crippen LogP contribution in [0.5, 0.6) is 0 Å². The van der Waals surface area contributed by atoms with Gasteiger partial charge in [0.2, 0.25) is 0 Å². The Morgan fingerprint density at radius 1 is 1.05 bits per heavy atom. The van der Waals surface area contributed by atoms with Gasteiger partial charge in [-0.3, -0.25) is 4.79 Å². The van der Waals surface area contributed by atoms with E-state index in [4.69, 9.17) is 0 Å². The average Bonchev–Trinajstić information content (AvgIpc) is 2.39. The largest absolute Gasteiger partial charge is 0.481 e. The number of aliphatic carboxylic acids is 1. The van der Waals surface area contributed by atoms with Crippen LogP contribution in [0.1, 0.15) is 29.2 Å². The molecule has 104 valence electrons. The Kier molecular flexibility index (Phi) is 3.93. The number of carboxylic acid groups (broad SMARTS) is 1. The first-order valence-corrected chi connectivity index (χ1v) is 6.78. The van der Waals surface area contributed by atoms with Crippen molar-refractivity contribution in [1.82, 2.24) is 0 Å². The molecule has 0 saturated carbocycles. The van der Waals surface area contributed by atoms with Crippen LogP contribution in [0.3, 0.4) is 0 Å². The quantitative estimate of drug-likeness (QED) is 0.913. The molecule has 0 fully saturated rings. The average molecular weight is 268 g/mol. The van der Waals surface area contributed by atoms with Gasteiger partial charge >= 0.3 is 5.97 Å². The van der Waals surface area contributed by atoms with E-state index in [1.54, 1.807) is 6.92 Å². The van der Waals surface area contributed by atoms with E-state index in [1.165, 1.54) is 0 Å². The van der Waals surface area contributed by atoms with Crippen LogP contribution in [-0.4, -0.2) is 11.1 Å². The lowest BCUT2D eigenvalue weighted by atomic mass is 9.77. The van der Waals surface area contributed by atoms with Gasteiger partial charge in [-0.2, -0.15) is 0 Å². The molecule has 2 aromatic rings. The van der Waals surface area contributed by atoms with Crippen molar-refractivity contribution in [2.45, 2.75) is 32.6 Å². The zero-order valence-corrected chi connectivity index (χ0v) is 12.2. The summed E-state index contributed by atoms with van der Waals surface area (Å²) in [5.74, 6) is -0.789. The van der Waals surface area contributed by atoms with Crippen LogP contribution in [0.15, 0.2) is 48.5 Å². The lowest BCUT2D eigenvalue weighted by molar-refractivity contribution is -0.143. The Morgan fingerprint density at radius 2 is 1.70 bits per heavy atom. The van der Waals surface area contributed by atoms with Crippen LogP contribution in [-0.2, 0) is 16.6 Å². The van der Waals surface area contributed by atoms with E-state index < -0.39 is 11.4 Å². The van der Waals surface area contributed by atoms with Gasteiger partial charge in [-0.1, -0.05) is 59.7 Å². The van der Waals surface area contributed by atoms with Crippen LogP contribution >= 0.6 is 0 Å². The molecule has 0 heterocycles. The molecular weight excluding hydrogens is 248 g/mol. The summed E-state index contributed by atoms with van der Waals surface area (Å²) < 4.78 is 0. The number of hydrogen-bond donors (Lipinski definition) is 1. The van der Waals surface area contributed by atoms with Crippen molar-refractivity contribution in [2.24, 2.45) is 0 Å². The van der Waals surface area contributed by atoms with Crippen molar-refractivity contribution in [3.63, 3.8) is 0 Å². The van der Waals surface area contributed by atoms with Crippen molar-refractivity contribution >= 4 is 5.97 Å². The van der Waals surface area contributed by atoms with Gasteiger partial charge in [-0.15, -0.1) is 0 Å². The molecular formula is C18H20O2. The molecule has 20 heavy (non-hydrogen) atoms. The molecule has 0 radical (unpaired) electrons. The highest BCUT2D eigenvalue weighted by atomic mass is 16.4. The molecule has 2 rings (SSSR count). The summed E-state index contributed by atoms with van der Waals surface area (Å²) in [5, 5.41) is 9.69. The third kappa shape index (κ3) is 2.90. The highest BCUT2D eigenvalue weighted by molar-refractivity contribution is 5.81. The first-order valence-electron chi connectivity index (χ1n) is 6.78. The fourth-order valence-corrected chi connectivity index (χ4v) is 2.45. The number of hydrogen-bond acceptors (Lipinski definition) is 1. The molecule has 2 nitrogen and oxygen atoms in total. The van der Waals surface area contributed by atoms with Gasteiger partial charge in [0.15, 0.2) is 0 Å². The third-order valence-electron chi connectivity index (χ3n) is 3.80. The maximum absolute atomic E-state index is 11.8. The second-order valence-electron chi connectivity index (χ2n) is 5.67. The molecule has 0 amide bonds. The highest BCUT2D eigenvalue weighted by Crippen LogP contribution is 2.29. The molecule has 1 N–H and O–H groups in total. The summed E-state index contributed by atoms with van der Waals surface area (Å²) in [6.45, 7) is 5.82. The predicted molar refractivity (Wildman–Crippen MR) is 81.0 cm³/mol. The Bertz CT molecular complexity index is 614.